The van der Waals surface area contributed by atoms with Crippen molar-refractivity contribution in [1.82, 2.24) is 0 Å². The SMILES string of the molecule is C/C=C/OOOCCOc1ccc(C(C)(C)c2ccc(CC)cc2)cc1.C=C.C=C. The van der Waals surface area contributed by atoms with Crippen LogP contribution in [0.15, 0.2) is 87.2 Å². The number of allylic oxidation sites excluding steroid dienone is 1. The summed E-state index contributed by atoms with van der Waals surface area (Å²) in [5, 5.41) is 4.47. The lowest BCUT2D eigenvalue weighted by Gasteiger charge is -2.26. The second-order valence-electron chi connectivity index (χ2n) is 6.50. The Morgan fingerprint density at radius 1 is 0.833 bits per heavy atom. The molecule has 0 saturated heterocycles. The highest BCUT2D eigenvalue weighted by Crippen LogP contribution is 2.32. The lowest BCUT2D eigenvalue weighted by molar-refractivity contribution is -0.490. The molecule has 0 unspecified atom stereocenters. The fourth-order valence-corrected chi connectivity index (χ4v) is 2.63. The van der Waals surface area contributed by atoms with E-state index in [1.54, 1.807) is 6.08 Å². The number of benzene rings is 2. The molecule has 0 atom stereocenters. The number of aryl methyl sites for hydroxylation is 1. The van der Waals surface area contributed by atoms with Crippen molar-refractivity contribution in [1.29, 1.82) is 0 Å². The maximum atomic E-state index is 5.64. The van der Waals surface area contributed by atoms with E-state index in [-0.39, 0.29) is 12.0 Å². The van der Waals surface area contributed by atoms with Gasteiger partial charge in [-0.2, -0.15) is 4.89 Å². The summed E-state index contributed by atoms with van der Waals surface area (Å²) in [5.41, 5.74) is 3.84. The third-order valence-electron chi connectivity index (χ3n) is 4.37. The summed E-state index contributed by atoms with van der Waals surface area (Å²) in [6.07, 6.45) is 4.14. The van der Waals surface area contributed by atoms with Gasteiger partial charge in [-0.25, -0.2) is 0 Å². The van der Waals surface area contributed by atoms with Crippen LogP contribution in [-0.2, 0) is 26.6 Å². The Kier molecular flexibility index (Phi) is 14.5. The molecule has 2 rings (SSSR count). The molecule has 30 heavy (non-hydrogen) atoms. The minimum Gasteiger partial charge on any atom is -0.491 e. The van der Waals surface area contributed by atoms with Crippen LogP contribution >= 0.6 is 0 Å². The molecule has 0 spiro atoms. The van der Waals surface area contributed by atoms with Crippen molar-refractivity contribution in [3.63, 3.8) is 0 Å². The first-order valence-corrected chi connectivity index (χ1v) is 9.96. The van der Waals surface area contributed by atoms with Gasteiger partial charge in [-0.05, 0) is 53.3 Å². The van der Waals surface area contributed by atoms with Gasteiger partial charge in [0, 0.05) is 5.41 Å². The number of rotatable bonds is 10. The lowest BCUT2D eigenvalue weighted by Crippen LogP contribution is -2.18. The predicted molar refractivity (Wildman–Crippen MR) is 125 cm³/mol. The van der Waals surface area contributed by atoms with Gasteiger partial charge in [-0.1, -0.05) is 57.2 Å². The van der Waals surface area contributed by atoms with Gasteiger partial charge in [0.15, 0.2) is 0 Å². The number of hydrogen-bond acceptors (Lipinski definition) is 4. The van der Waals surface area contributed by atoms with Crippen LogP contribution < -0.4 is 4.74 Å². The molecule has 0 bridgehead atoms. The molecule has 0 saturated carbocycles. The fraction of sp³-hybridized carbons (Fsp3) is 0.308. The zero-order chi connectivity index (χ0) is 22.8. The van der Waals surface area contributed by atoms with Crippen LogP contribution in [0.4, 0.5) is 0 Å². The second-order valence-corrected chi connectivity index (χ2v) is 6.50. The maximum absolute atomic E-state index is 5.64. The third-order valence-corrected chi connectivity index (χ3v) is 4.37. The van der Waals surface area contributed by atoms with Crippen LogP contribution in [0.3, 0.4) is 0 Å². The molecule has 0 aromatic heterocycles. The van der Waals surface area contributed by atoms with Gasteiger partial charge >= 0.3 is 0 Å². The van der Waals surface area contributed by atoms with Gasteiger partial charge in [0.25, 0.3) is 0 Å². The van der Waals surface area contributed by atoms with E-state index in [2.05, 4.69) is 93.4 Å². The summed E-state index contributed by atoms with van der Waals surface area (Å²) in [6, 6.07) is 17.0. The molecular formula is C26H36O4. The van der Waals surface area contributed by atoms with Crippen LogP contribution in [0.25, 0.3) is 0 Å². The van der Waals surface area contributed by atoms with Crippen LogP contribution in [0, 0.1) is 0 Å². The Morgan fingerprint density at radius 3 is 1.87 bits per heavy atom. The fourth-order valence-electron chi connectivity index (χ4n) is 2.63. The molecule has 0 radical (unpaired) electrons. The van der Waals surface area contributed by atoms with Crippen LogP contribution in [0.1, 0.15) is 44.4 Å². The lowest BCUT2D eigenvalue weighted by atomic mass is 9.78. The Hall–Kier alpha value is -2.82. The number of ether oxygens (including phenoxy) is 1. The Morgan fingerprint density at radius 2 is 1.37 bits per heavy atom. The normalized spacial score (nSPS) is 10.4. The summed E-state index contributed by atoms with van der Waals surface area (Å²) in [6.45, 7) is 21.1. The molecule has 0 N–H and O–H groups in total. The van der Waals surface area contributed by atoms with E-state index in [9.17, 15) is 0 Å². The molecule has 4 heteroatoms. The molecule has 0 aliphatic heterocycles. The van der Waals surface area contributed by atoms with E-state index in [0.717, 1.165) is 12.2 Å². The topological polar surface area (TPSA) is 36.9 Å². The molecule has 0 amide bonds. The first-order valence-electron chi connectivity index (χ1n) is 9.96. The first kappa shape index (κ1) is 27.2. The Bertz CT molecular complexity index is 701. The van der Waals surface area contributed by atoms with Crippen molar-refractivity contribution in [3.8, 4) is 5.75 Å². The molecule has 0 fully saturated rings. The summed E-state index contributed by atoms with van der Waals surface area (Å²) in [4.78, 5) is 9.40. The highest BCUT2D eigenvalue weighted by molar-refractivity contribution is 5.40. The molecule has 164 valence electrons. The van der Waals surface area contributed by atoms with Crippen molar-refractivity contribution < 1.29 is 19.6 Å². The quantitative estimate of drug-likeness (QED) is 0.139. The van der Waals surface area contributed by atoms with E-state index in [0.29, 0.717) is 6.61 Å². The summed E-state index contributed by atoms with van der Waals surface area (Å²) < 4.78 is 5.64. The van der Waals surface area contributed by atoms with Crippen molar-refractivity contribution in [3.05, 3.63) is 104 Å². The van der Waals surface area contributed by atoms with Gasteiger partial charge in [0.1, 0.15) is 25.2 Å². The number of hydrogen-bond donors (Lipinski definition) is 0. The van der Waals surface area contributed by atoms with E-state index in [1.165, 1.54) is 23.0 Å². The minimum absolute atomic E-state index is 0.0636. The molecule has 2 aromatic carbocycles. The van der Waals surface area contributed by atoms with Crippen molar-refractivity contribution >= 4 is 0 Å². The van der Waals surface area contributed by atoms with E-state index < -0.39 is 0 Å². The standard InChI is InChI=1S/C22H28O4.2C2H4/c1-5-15-24-26-25-17-16-23-21-13-11-20(12-14-21)22(3,4)19-9-7-18(6-2)8-10-19;2*1-2/h5,7-15H,6,16-17H2,1-4H3;2*1-2H2/b15-5+;;. The van der Waals surface area contributed by atoms with Gasteiger partial charge in [0.05, 0.1) is 0 Å². The monoisotopic (exact) mass is 412 g/mol. The molecule has 0 aliphatic rings. The Balaban J connectivity index is 0.00000198. The first-order chi connectivity index (χ1) is 14.6. The molecule has 2 aromatic rings. The molecular weight excluding hydrogens is 376 g/mol. The van der Waals surface area contributed by atoms with Crippen molar-refractivity contribution in [2.45, 2.75) is 39.5 Å². The largest absolute Gasteiger partial charge is 0.491 e. The van der Waals surface area contributed by atoms with Crippen LogP contribution in [-0.4, -0.2) is 13.2 Å². The van der Waals surface area contributed by atoms with E-state index in [4.69, 9.17) is 9.62 Å². The van der Waals surface area contributed by atoms with Crippen LogP contribution in [0.5, 0.6) is 5.75 Å². The third kappa shape index (κ3) is 9.12. The van der Waals surface area contributed by atoms with E-state index >= 15 is 0 Å². The zero-order valence-corrected chi connectivity index (χ0v) is 18.9. The summed E-state index contributed by atoms with van der Waals surface area (Å²) >= 11 is 0. The van der Waals surface area contributed by atoms with Crippen molar-refractivity contribution in [2.24, 2.45) is 0 Å². The average molecular weight is 413 g/mol. The molecule has 4 nitrogen and oxygen atoms in total. The van der Waals surface area contributed by atoms with Gasteiger partial charge in [0.2, 0.25) is 0 Å². The minimum atomic E-state index is -0.0636. The van der Waals surface area contributed by atoms with Gasteiger partial charge in [-0.3, -0.25) is 0 Å². The predicted octanol–water partition coefficient (Wildman–Crippen LogP) is 6.97. The second kappa shape index (κ2) is 16.0. The Labute approximate surface area is 182 Å². The average Bonchev–Trinajstić information content (AvgIpc) is 2.81. The maximum Gasteiger partial charge on any atom is 0.128 e. The van der Waals surface area contributed by atoms with Gasteiger partial charge < -0.3 is 9.62 Å². The van der Waals surface area contributed by atoms with Crippen molar-refractivity contribution in [2.75, 3.05) is 13.2 Å². The summed E-state index contributed by atoms with van der Waals surface area (Å²) in [7, 11) is 0. The molecule has 0 aliphatic carbocycles. The summed E-state index contributed by atoms with van der Waals surface area (Å²) in [5.74, 6) is 0.795. The van der Waals surface area contributed by atoms with Crippen LogP contribution in [0.2, 0.25) is 0 Å². The smallest absolute Gasteiger partial charge is 0.128 e. The highest BCUT2D eigenvalue weighted by atomic mass is 17.5. The van der Waals surface area contributed by atoms with E-state index in [1.807, 2.05) is 19.1 Å². The molecule has 0 heterocycles. The zero-order valence-electron chi connectivity index (χ0n) is 18.9. The van der Waals surface area contributed by atoms with Gasteiger partial charge in [-0.15, -0.1) is 26.3 Å². The highest BCUT2D eigenvalue weighted by Gasteiger charge is 2.22.